The van der Waals surface area contributed by atoms with Gasteiger partial charge in [0.05, 0.1) is 75.1 Å². The SMILES string of the molecule is Cc1cc(CCC(=O)N[C@@H](CS(=O)(=O)[O-])C(=O)NCC[NH+](C)CCCCCC(=O)ON2C(=O)CCC2=O)n2c1C=C1C(CCC[N+](C)(C)C)=CC(c3cccs3)=[N+]1[B-]2(F)F. The number of nitrogens with zero attached hydrogens (tertiary/aromatic N) is 4. The number of quaternary nitrogens is 2. The van der Waals surface area contributed by atoms with Crippen LogP contribution in [0.1, 0.15) is 79.6 Å². The van der Waals surface area contributed by atoms with Gasteiger partial charge < -0.3 is 47.0 Å². The van der Waals surface area contributed by atoms with Crippen LogP contribution in [0, 0.1) is 6.92 Å². The van der Waals surface area contributed by atoms with Crippen molar-refractivity contribution in [2.45, 2.75) is 77.2 Å². The molecular weight excluding hydrogens is 823 g/mol. The van der Waals surface area contributed by atoms with Gasteiger partial charge in [0.15, 0.2) is 11.4 Å². The van der Waals surface area contributed by atoms with E-state index in [0.29, 0.717) is 71.4 Å². The van der Waals surface area contributed by atoms with Crippen molar-refractivity contribution in [1.29, 1.82) is 0 Å². The summed E-state index contributed by atoms with van der Waals surface area (Å²) in [4.78, 5) is 68.0. The number of allylic oxidation sites excluding steroid dienone is 2. The molecule has 5 rings (SSSR count). The van der Waals surface area contributed by atoms with Gasteiger partial charge in [0.2, 0.25) is 11.8 Å². The van der Waals surface area contributed by atoms with Crippen LogP contribution in [0.4, 0.5) is 8.63 Å². The highest BCUT2D eigenvalue weighted by Gasteiger charge is 2.54. The van der Waals surface area contributed by atoms with E-state index in [-0.39, 0.29) is 44.3 Å². The molecule has 1 saturated heterocycles. The van der Waals surface area contributed by atoms with Crippen molar-refractivity contribution in [1.82, 2.24) is 20.2 Å². The number of aryl methyl sites for hydroxylation is 2. The molecule has 1 unspecified atom stereocenters. The standard InChI is InChI=1S/C39H54BF2N7O9S2/c1-27-23-29(46-31(27)25-32-28(11-9-21-49(3,4)5)24-33(34-12-10-22-59-34)47(32)40(46,41)42)14-15-35(50)44-30(26-60(55,56)57)39(54)43-18-20-45(2)19-8-6-7-13-38(53)58-48-36(51)16-17-37(48)52/h10,12,22-25,30H,6-9,11,13-21,26H2,1-5H3,(H2-,43,44,50,54,55,56,57)/p+1/t30-/m0/s1. The van der Waals surface area contributed by atoms with Crippen LogP contribution in [-0.2, 0) is 45.3 Å². The predicted molar refractivity (Wildman–Crippen MR) is 220 cm³/mol. The zero-order valence-electron chi connectivity index (χ0n) is 34.8. The van der Waals surface area contributed by atoms with Crippen molar-refractivity contribution in [2.75, 3.05) is 60.1 Å². The van der Waals surface area contributed by atoms with Crippen LogP contribution in [0.5, 0.6) is 0 Å². The third kappa shape index (κ3) is 12.0. The predicted octanol–water partition coefficient (Wildman–Crippen LogP) is 1.12. The molecule has 0 bridgehead atoms. The average Bonchev–Trinajstić information content (AvgIpc) is 3.94. The Kier molecular flexibility index (Phi) is 15.1. The van der Waals surface area contributed by atoms with E-state index in [0.717, 1.165) is 36.9 Å². The molecule has 3 aliphatic rings. The number of aromatic nitrogens is 1. The quantitative estimate of drug-likeness (QED) is 0.0512. The van der Waals surface area contributed by atoms with Crippen molar-refractivity contribution < 1.29 is 64.3 Å². The minimum Gasteiger partial charge on any atom is -0.748 e. The molecule has 3 aliphatic heterocycles. The van der Waals surface area contributed by atoms with E-state index in [2.05, 4.69) is 31.8 Å². The summed E-state index contributed by atoms with van der Waals surface area (Å²) in [5, 5.41) is 7.26. The highest BCUT2D eigenvalue weighted by Crippen LogP contribution is 2.40. The van der Waals surface area contributed by atoms with Crippen molar-refractivity contribution in [3.63, 3.8) is 0 Å². The maximum atomic E-state index is 16.9. The molecule has 60 heavy (non-hydrogen) atoms. The summed E-state index contributed by atoms with van der Waals surface area (Å²) in [6, 6.07) is 3.55. The molecule has 1 fully saturated rings. The number of hydroxylamine groups is 2. The summed E-state index contributed by atoms with van der Waals surface area (Å²) in [6.45, 7) is -0.647. The van der Waals surface area contributed by atoms with Crippen molar-refractivity contribution >= 4 is 69.8 Å². The van der Waals surface area contributed by atoms with Gasteiger partial charge in [0, 0.05) is 55.5 Å². The molecule has 328 valence electrons. The molecular formula is C39H55BF2N7O9S2+. The van der Waals surface area contributed by atoms with Crippen LogP contribution in [0.15, 0.2) is 40.9 Å². The molecule has 2 aromatic rings. The van der Waals surface area contributed by atoms with E-state index in [9.17, 15) is 36.9 Å². The lowest BCUT2D eigenvalue weighted by atomic mass is 9.88. The van der Waals surface area contributed by atoms with E-state index >= 15 is 8.63 Å². The number of imide groups is 1. The fourth-order valence-electron chi connectivity index (χ4n) is 7.59. The van der Waals surface area contributed by atoms with Gasteiger partial charge in [-0.25, -0.2) is 13.2 Å². The fraction of sp³-hybridized carbons (Fsp3) is 0.538. The van der Waals surface area contributed by atoms with Crippen LogP contribution in [-0.4, -0.2) is 140 Å². The van der Waals surface area contributed by atoms with Crippen LogP contribution in [0.25, 0.3) is 6.08 Å². The molecule has 4 amide bonds. The summed E-state index contributed by atoms with van der Waals surface area (Å²) in [7, 11) is 3.17. The van der Waals surface area contributed by atoms with Crippen LogP contribution >= 0.6 is 11.3 Å². The number of nitrogens with one attached hydrogen (secondary N) is 3. The third-order valence-corrected chi connectivity index (χ3v) is 12.3. The Morgan fingerprint density at radius 2 is 1.77 bits per heavy atom. The molecule has 0 radical (unpaired) electrons. The number of likely N-dealkylation sites (N-methyl/N-ethyl adjacent to an activating group) is 1. The number of hydrogen-bond acceptors (Lipinski definition) is 10. The van der Waals surface area contributed by atoms with E-state index in [1.807, 2.05) is 30.6 Å². The average molecular weight is 879 g/mol. The lowest BCUT2D eigenvalue weighted by Crippen LogP contribution is -3.09. The van der Waals surface area contributed by atoms with E-state index in [1.165, 1.54) is 11.3 Å². The topological polar surface area (TPSA) is 191 Å². The molecule has 0 aromatic carbocycles. The zero-order valence-corrected chi connectivity index (χ0v) is 36.4. The van der Waals surface area contributed by atoms with E-state index in [4.69, 9.17) is 4.84 Å². The summed E-state index contributed by atoms with van der Waals surface area (Å²) in [5.41, 5.74) is 2.83. The van der Waals surface area contributed by atoms with Crippen LogP contribution in [0.2, 0.25) is 0 Å². The first kappa shape index (κ1) is 46.5. The molecule has 5 heterocycles. The van der Waals surface area contributed by atoms with Gasteiger partial charge in [0.25, 0.3) is 11.8 Å². The highest BCUT2D eigenvalue weighted by atomic mass is 32.2. The van der Waals surface area contributed by atoms with Crippen LogP contribution < -0.4 is 15.5 Å². The smallest absolute Gasteiger partial charge is 0.737 e. The fourth-order valence-corrected chi connectivity index (χ4v) is 8.98. The number of rotatable bonds is 22. The number of halogens is 2. The van der Waals surface area contributed by atoms with E-state index < -0.39 is 58.5 Å². The minimum atomic E-state index is -4.95. The van der Waals surface area contributed by atoms with Gasteiger partial charge in [-0.15, -0.1) is 16.4 Å². The van der Waals surface area contributed by atoms with Crippen molar-refractivity contribution in [3.05, 3.63) is 62.8 Å². The number of carbonyl (C=O) groups is 5. The van der Waals surface area contributed by atoms with Gasteiger partial charge in [-0.2, -0.15) is 0 Å². The molecule has 3 N–H and O–H groups in total. The largest absolute Gasteiger partial charge is 0.748 e. The first-order valence-electron chi connectivity index (χ1n) is 20.2. The van der Waals surface area contributed by atoms with E-state index in [1.54, 1.807) is 19.1 Å². The van der Waals surface area contributed by atoms with Gasteiger partial charge in [0.1, 0.15) is 6.04 Å². The molecule has 2 aromatic heterocycles. The molecule has 2 atom stereocenters. The number of amides is 4. The summed E-state index contributed by atoms with van der Waals surface area (Å²) >= 11 is 1.37. The van der Waals surface area contributed by atoms with Gasteiger partial charge in [-0.3, -0.25) is 19.2 Å². The Hall–Kier alpha value is -4.57. The Morgan fingerprint density at radius 3 is 2.42 bits per heavy atom. The van der Waals surface area contributed by atoms with Crippen molar-refractivity contribution in [2.24, 2.45) is 0 Å². The number of fused-ring (bicyclic) bond motifs is 2. The second-order valence-electron chi connectivity index (χ2n) is 16.7. The molecule has 21 heteroatoms. The zero-order chi connectivity index (χ0) is 44.0. The summed E-state index contributed by atoms with van der Waals surface area (Å²) in [5.74, 6) is -4.60. The molecule has 16 nitrogen and oxygen atoms in total. The Morgan fingerprint density at radius 1 is 1.05 bits per heavy atom. The number of hydrogen-bond donors (Lipinski definition) is 3. The lowest BCUT2D eigenvalue weighted by molar-refractivity contribution is -0.878. The highest BCUT2D eigenvalue weighted by molar-refractivity contribution is 7.85. The molecule has 0 saturated carbocycles. The van der Waals surface area contributed by atoms with Gasteiger partial charge >= 0.3 is 12.9 Å². The van der Waals surface area contributed by atoms with Crippen LogP contribution in [0.3, 0.4) is 0 Å². The Balaban J connectivity index is 1.15. The Labute approximate surface area is 353 Å². The van der Waals surface area contributed by atoms with Crippen molar-refractivity contribution in [3.8, 4) is 0 Å². The third-order valence-electron chi connectivity index (χ3n) is 10.6. The van der Waals surface area contributed by atoms with Gasteiger partial charge in [-0.05, 0) is 67.8 Å². The number of carbonyl (C=O) groups excluding carboxylic acids is 5. The van der Waals surface area contributed by atoms with Gasteiger partial charge in [-0.1, -0.05) is 6.07 Å². The monoisotopic (exact) mass is 878 g/mol. The normalized spacial score (nSPS) is 17.2. The number of thiophene rings is 1. The number of unbranched alkanes of at least 4 members (excludes halogenated alkanes) is 2. The Bertz CT molecular complexity index is 2170. The second kappa shape index (κ2) is 19.4. The minimum absolute atomic E-state index is 0.0173. The molecule has 0 aliphatic carbocycles. The maximum absolute atomic E-state index is 16.9. The second-order valence-corrected chi connectivity index (χ2v) is 19.1. The summed E-state index contributed by atoms with van der Waals surface area (Å²) < 4.78 is 71.9. The maximum Gasteiger partial charge on any atom is 0.737 e. The summed E-state index contributed by atoms with van der Waals surface area (Å²) in [6.07, 6.45) is 6.45. The first-order valence-corrected chi connectivity index (χ1v) is 22.7. The molecule has 0 spiro atoms. The first-order chi connectivity index (χ1) is 28.1. The lowest BCUT2D eigenvalue weighted by Gasteiger charge is -2.32.